The molecule has 1 aromatic heterocycles. The van der Waals surface area contributed by atoms with Gasteiger partial charge < -0.3 is 11.1 Å². The van der Waals surface area contributed by atoms with Gasteiger partial charge in [-0.05, 0) is 19.9 Å². The number of aryl methyl sites for hydroxylation is 2. The van der Waals surface area contributed by atoms with E-state index in [9.17, 15) is 9.59 Å². The van der Waals surface area contributed by atoms with Gasteiger partial charge in [0.15, 0.2) is 0 Å². The van der Waals surface area contributed by atoms with Crippen molar-refractivity contribution in [2.75, 3.05) is 11.1 Å². The lowest BCUT2D eigenvalue weighted by atomic mass is 10.2. The predicted octanol–water partition coefficient (Wildman–Crippen LogP) is 0.0152. The van der Waals surface area contributed by atoms with Gasteiger partial charge in [-0.15, -0.1) is 0 Å². The molecule has 0 saturated heterocycles. The van der Waals surface area contributed by atoms with E-state index in [4.69, 9.17) is 5.73 Å². The molecule has 1 aromatic carbocycles. The molecule has 6 heteroatoms. The highest BCUT2D eigenvalue weighted by molar-refractivity contribution is 5.74. The smallest absolute Gasteiger partial charge is 0.253 e. The molecule has 0 unspecified atom stereocenters. The molecule has 0 spiro atoms. The molecule has 6 nitrogen and oxygen atoms in total. The SMILES string of the molecule is Cc1cc(C)nc(Nc2c(N)c(=O)c2=O)n1. The fourth-order valence-corrected chi connectivity index (χ4v) is 1.43. The van der Waals surface area contributed by atoms with Crippen LogP contribution in [0.2, 0.25) is 0 Å². The highest BCUT2D eigenvalue weighted by atomic mass is 16.2. The van der Waals surface area contributed by atoms with E-state index in [2.05, 4.69) is 15.3 Å². The average molecular weight is 218 g/mol. The van der Waals surface area contributed by atoms with E-state index < -0.39 is 10.9 Å². The van der Waals surface area contributed by atoms with Crippen LogP contribution in [0.15, 0.2) is 15.7 Å². The summed E-state index contributed by atoms with van der Waals surface area (Å²) < 4.78 is 0. The van der Waals surface area contributed by atoms with Crippen LogP contribution in [0.3, 0.4) is 0 Å². The van der Waals surface area contributed by atoms with E-state index >= 15 is 0 Å². The minimum atomic E-state index is -0.660. The third kappa shape index (κ3) is 1.54. The van der Waals surface area contributed by atoms with Crippen molar-refractivity contribution in [2.45, 2.75) is 13.8 Å². The monoisotopic (exact) mass is 218 g/mol. The first-order valence-corrected chi connectivity index (χ1v) is 4.67. The second-order valence-electron chi connectivity index (χ2n) is 3.55. The van der Waals surface area contributed by atoms with Gasteiger partial charge in [0, 0.05) is 11.4 Å². The number of nitrogen functional groups attached to an aromatic ring is 1. The topological polar surface area (TPSA) is 98.0 Å². The van der Waals surface area contributed by atoms with Crippen molar-refractivity contribution in [1.82, 2.24) is 9.97 Å². The zero-order valence-corrected chi connectivity index (χ0v) is 8.87. The van der Waals surface area contributed by atoms with Crippen LogP contribution in [0.4, 0.5) is 17.3 Å². The summed E-state index contributed by atoms with van der Waals surface area (Å²) in [6, 6.07) is 1.80. The summed E-state index contributed by atoms with van der Waals surface area (Å²) in [5.41, 5.74) is 5.64. The van der Waals surface area contributed by atoms with Crippen LogP contribution in [0, 0.1) is 13.8 Å². The third-order valence-corrected chi connectivity index (χ3v) is 2.17. The Bertz CT molecular complexity index is 606. The highest BCUT2D eigenvalue weighted by Gasteiger charge is 2.18. The van der Waals surface area contributed by atoms with Crippen LogP contribution in [-0.4, -0.2) is 9.97 Å². The van der Waals surface area contributed by atoms with Crippen molar-refractivity contribution in [2.24, 2.45) is 0 Å². The quantitative estimate of drug-likeness (QED) is 0.689. The summed E-state index contributed by atoms with van der Waals surface area (Å²) in [5, 5.41) is 2.65. The van der Waals surface area contributed by atoms with Gasteiger partial charge in [-0.1, -0.05) is 0 Å². The zero-order chi connectivity index (χ0) is 11.9. The zero-order valence-electron chi connectivity index (χ0n) is 8.87. The summed E-state index contributed by atoms with van der Waals surface area (Å²) in [6.45, 7) is 3.62. The van der Waals surface area contributed by atoms with Gasteiger partial charge in [-0.2, -0.15) is 0 Å². The Morgan fingerprint density at radius 3 is 2.19 bits per heavy atom. The lowest BCUT2D eigenvalue weighted by molar-refractivity contribution is 1.06. The molecular weight excluding hydrogens is 208 g/mol. The summed E-state index contributed by atoms with van der Waals surface area (Å²) in [6.07, 6.45) is 0. The molecule has 0 saturated carbocycles. The maximum atomic E-state index is 11.1. The molecule has 16 heavy (non-hydrogen) atoms. The second-order valence-corrected chi connectivity index (χ2v) is 3.55. The van der Waals surface area contributed by atoms with Crippen molar-refractivity contribution < 1.29 is 0 Å². The number of aromatic nitrogens is 2. The lowest BCUT2D eigenvalue weighted by Crippen LogP contribution is -2.36. The van der Waals surface area contributed by atoms with E-state index in [-0.39, 0.29) is 17.3 Å². The molecule has 0 radical (unpaired) electrons. The molecule has 0 bridgehead atoms. The largest absolute Gasteiger partial charge is 0.394 e. The Balaban J connectivity index is 2.35. The molecule has 0 aliphatic carbocycles. The molecule has 2 rings (SSSR count). The van der Waals surface area contributed by atoms with Crippen molar-refractivity contribution in [3.8, 4) is 0 Å². The number of nitrogens with zero attached hydrogens (tertiary/aromatic N) is 2. The van der Waals surface area contributed by atoms with E-state index in [1.807, 2.05) is 13.8 Å². The minimum absolute atomic E-state index is 0.0623. The molecule has 0 aliphatic heterocycles. The fraction of sp³-hybridized carbons (Fsp3) is 0.200. The number of anilines is 3. The average Bonchev–Trinajstić information content (AvgIpc) is 2.23. The number of hydrogen-bond donors (Lipinski definition) is 2. The third-order valence-electron chi connectivity index (χ3n) is 2.17. The first-order chi connectivity index (χ1) is 7.49. The molecule has 82 valence electrons. The standard InChI is InChI=1S/C10H10N4O2/c1-4-3-5(2)13-10(12-4)14-7-6(11)8(15)9(7)16/h3H,11H2,1-2H3,(H,12,13,14). The van der Waals surface area contributed by atoms with Crippen molar-refractivity contribution in [1.29, 1.82) is 0 Å². The minimum Gasteiger partial charge on any atom is -0.394 e. The van der Waals surface area contributed by atoms with Crippen LogP contribution in [0.5, 0.6) is 0 Å². The first-order valence-electron chi connectivity index (χ1n) is 4.67. The van der Waals surface area contributed by atoms with E-state index in [0.29, 0.717) is 0 Å². The van der Waals surface area contributed by atoms with Gasteiger partial charge in [0.05, 0.1) is 0 Å². The van der Waals surface area contributed by atoms with Gasteiger partial charge in [-0.3, -0.25) is 9.59 Å². The van der Waals surface area contributed by atoms with E-state index in [0.717, 1.165) is 11.4 Å². The van der Waals surface area contributed by atoms with Gasteiger partial charge in [0.1, 0.15) is 11.4 Å². The Labute approximate surface area is 90.8 Å². The van der Waals surface area contributed by atoms with E-state index in [1.165, 1.54) is 0 Å². The van der Waals surface area contributed by atoms with E-state index in [1.54, 1.807) is 6.07 Å². The van der Waals surface area contributed by atoms with Crippen LogP contribution >= 0.6 is 0 Å². The van der Waals surface area contributed by atoms with Crippen LogP contribution < -0.4 is 21.9 Å². The first kappa shape index (κ1) is 10.3. The van der Waals surface area contributed by atoms with Crippen LogP contribution in [0.1, 0.15) is 11.4 Å². The van der Waals surface area contributed by atoms with Crippen molar-refractivity contribution >= 4 is 17.3 Å². The Kier molecular flexibility index (Phi) is 2.19. The normalized spacial score (nSPS) is 10.6. The van der Waals surface area contributed by atoms with Gasteiger partial charge >= 0.3 is 0 Å². The molecule has 2 aromatic rings. The summed E-state index contributed by atoms with van der Waals surface area (Å²) in [5.74, 6) is 0.274. The second kappa shape index (κ2) is 3.41. The number of rotatable bonds is 2. The Morgan fingerprint density at radius 2 is 1.69 bits per heavy atom. The maximum absolute atomic E-state index is 11.1. The van der Waals surface area contributed by atoms with Gasteiger partial charge in [-0.25, -0.2) is 9.97 Å². The molecule has 1 heterocycles. The lowest BCUT2D eigenvalue weighted by Gasteiger charge is -2.09. The van der Waals surface area contributed by atoms with Gasteiger partial charge in [0.25, 0.3) is 10.9 Å². The summed E-state index contributed by atoms with van der Waals surface area (Å²) in [4.78, 5) is 30.2. The summed E-state index contributed by atoms with van der Waals surface area (Å²) in [7, 11) is 0. The summed E-state index contributed by atoms with van der Waals surface area (Å²) >= 11 is 0. The highest BCUT2D eigenvalue weighted by Crippen LogP contribution is 2.15. The molecule has 3 N–H and O–H groups in total. The molecule has 0 amide bonds. The predicted molar refractivity (Wildman–Crippen MR) is 60.6 cm³/mol. The molecule has 0 aliphatic rings. The molecule has 0 atom stereocenters. The van der Waals surface area contributed by atoms with Gasteiger partial charge in [0.2, 0.25) is 5.95 Å². The van der Waals surface area contributed by atoms with Crippen LogP contribution in [-0.2, 0) is 0 Å². The molecule has 0 fully saturated rings. The van der Waals surface area contributed by atoms with Crippen LogP contribution in [0.25, 0.3) is 0 Å². The number of hydrogen-bond acceptors (Lipinski definition) is 6. The number of nitrogens with two attached hydrogens (primary N) is 1. The Morgan fingerprint density at radius 1 is 1.12 bits per heavy atom. The fourth-order valence-electron chi connectivity index (χ4n) is 1.43. The van der Waals surface area contributed by atoms with Crippen molar-refractivity contribution in [3.05, 3.63) is 37.9 Å². The Hall–Kier alpha value is -2.24. The number of nitrogens with one attached hydrogen (secondary N) is 1. The molecular formula is C10H10N4O2. The van der Waals surface area contributed by atoms with Crippen molar-refractivity contribution in [3.63, 3.8) is 0 Å². The maximum Gasteiger partial charge on any atom is 0.253 e.